The van der Waals surface area contributed by atoms with Crippen molar-refractivity contribution in [3.63, 3.8) is 0 Å². The number of hydrogen-bond acceptors (Lipinski definition) is 2. The quantitative estimate of drug-likeness (QED) is 0.827. The molecule has 86 valence electrons. The fourth-order valence-corrected chi connectivity index (χ4v) is 2.15. The van der Waals surface area contributed by atoms with Crippen LogP contribution >= 0.6 is 0 Å². The van der Waals surface area contributed by atoms with Gasteiger partial charge in [-0.1, -0.05) is 24.3 Å². The summed E-state index contributed by atoms with van der Waals surface area (Å²) in [5, 5.41) is 9.13. The third-order valence-electron chi connectivity index (χ3n) is 2.96. The van der Waals surface area contributed by atoms with Crippen molar-refractivity contribution in [3.05, 3.63) is 35.4 Å². The van der Waals surface area contributed by atoms with Crippen LogP contribution in [-0.4, -0.2) is 35.9 Å². The average molecular weight is 221 g/mol. The van der Waals surface area contributed by atoms with Gasteiger partial charge in [-0.05, 0) is 17.5 Å². The molecule has 0 fully saturated rings. The van der Waals surface area contributed by atoms with E-state index in [0.717, 1.165) is 12.0 Å². The number of hydrogen-bond donors (Lipinski definition) is 1. The fraction of sp³-hybridized carbons (Fsp3) is 0.417. The number of rotatable bonds is 2. The number of fused-ring (bicyclic) bond motifs is 1. The van der Waals surface area contributed by atoms with Gasteiger partial charge >= 0.3 is 6.09 Å². The third kappa shape index (κ3) is 2.02. The van der Waals surface area contributed by atoms with E-state index in [-0.39, 0.29) is 6.04 Å². The van der Waals surface area contributed by atoms with E-state index in [1.165, 1.54) is 10.5 Å². The number of benzene rings is 1. The first kappa shape index (κ1) is 11.0. The molecule has 1 amide bonds. The molecule has 1 aliphatic heterocycles. The van der Waals surface area contributed by atoms with Crippen molar-refractivity contribution in [2.45, 2.75) is 19.0 Å². The highest BCUT2D eigenvalue weighted by atomic mass is 16.5. The normalized spacial score (nSPS) is 19.3. The zero-order chi connectivity index (χ0) is 11.5. The smallest absolute Gasteiger partial charge is 0.407 e. The number of methoxy groups -OCH3 is 1. The van der Waals surface area contributed by atoms with E-state index in [0.29, 0.717) is 13.2 Å². The summed E-state index contributed by atoms with van der Waals surface area (Å²) in [6.07, 6.45) is -0.146. The topological polar surface area (TPSA) is 49.8 Å². The van der Waals surface area contributed by atoms with Crippen molar-refractivity contribution in [1.82, 2.24) is 4.90 Å². The minimum absolute atomic E-state index is 0.0719. The van der Waals surface area contributed by atoms with Crippen molar-refractivity contribution < 1.29 is 14.6 Å². The van der Waals surface area contributed by atoms with Crippen LogP contribution in [0.3, 0.4) is 0 Å². The standard InChI is InChI=1S/C12H15NO3/c1-16-8-11-6-9-4-2-3-5-10(9)7-13(11)12(14)15/h2-5,11H,6-8H2,1H3,(H,14,15)/t11-/m0/s1. The molecule has 1 aromatic carbocycles. The van der Waals surface area contributed by atoms with Gasteiger partial charge in [-0.3, -0.25) is 4.90 Å². The molecule has 2 rings (SSSR count). The molecule has 0 aliphatic carbocycles. The van der Waals surface area contributed by atoms with Gasteiger partial charge in [0.1, 0.15) is 0 Å². The lowest BCUT2D eigenvalue weighted by Gasteiger charge is -2.34. The van der Waals surface area contributed by atoms with E-state index in [1.54, 1.807) is 7.11 Å². The first-order valence-corrected chi connectivity index (χ1v) is 5.27. The van der Waals surface area contributed by atoms with E-state index in [1.807, 2.05) is 18.2 Å². The second-order valence-electron chi connectivity index (χ2n) is 3.99. The van der Waals surface area contributed by atoms with E-state index < -0.39 is 6.09 Å². The molecule has 0 spiro atoms. The SMILES string of the molecule is COC[C@@H]1Cc2ccccc2CN1C(=O)O. The van der Waals surface area contributed by atoms with Crippen LogP contribution in [0.15, 0.2) is 24.3 Å². The van der Waals surface area contributed by atoms with E-state index >= 15 is 0 Å². The third-order valence-corrected chi connectivity index (χ3v) is 2.96. The van der Waals surface area contributed by atoms with Gasteiger partial charge in [-0.15, -0.1) is 0 Å². The summed E-state index contributed by atoms with van der Waals surface area (Å²) >= 11 is 0. The van der Waals surface area contributed by atoms with Crippen LogP contribution < -0.4 is 0 Å². The largest absolute Gasteiger partial charge is 0.465 e. The molecule has 0 saturated heterocycles. The molecule has 0 saturated carbocycles. The molecular formula is C12H15NO3. The van der Waals surface area contributed by atoms with Crippen molar-refractivity contribution in [1.29, 1.82) is 0 Å². The summed E-state index contributed by atoms with van der Waals surface area (Å²) < 4.78 is 5.07. The molecule has 0 unspecified atom stereocenters. The number of carboxylic acid groups (broad SMARTS) is 1. The Hall–Kier alpha value is -1.55. The Bertz CT molecular complexity index is 392. The van der Waals surface area contributed by atoms with Gasteiger partial charge in [0.25, 0.3) is 0 Å². The summed E-state index contributed by atoms with van der Waals surface area (Å²) in [5.74, 6) is 0. The predicted molar refractivity (Wildman–Crippen MR) is 59.4 cm³/mol. The monoisotopic (exact) mass is 221 g/mol. The molecule has 1 aromatic rings. The van der Waals surface area contributed by atoms with Crippen molar-refractivity contribution in [3.8, 4) is 0 Å². The van der Waals surface area contributed by atoms with Gasteiger partial charge in [-0.25, -0.2) is 4.79 Å². The Morgan fingerprint density at radius 3 is 2.81 bits per heavy atom. The highest BCUT2D eigenvalue weighted by Crippen LogP contribution is 2.23. The van der Waals surface area contributed by atoms with Crippen LogP contribution in [-0.2, 0) is 17.7 Å². The lowest BCUT2D eigenvalue weighted by molar-refractivity contribution is 0.0702. The van der Waals surface area contributed by atoms with E-state index in [4.69, 9.17) is 9.84 Å². The fourth-order valence-electron chi connectivity index (χ4n) is 2.15. The molecule has 0 radical (unpaired) electrons. The number of ether oxygens (including phenoxy) is 1. The Kier molecular flexibility index (Phi) is 3.10. The highest BCUT2D eigenvalue weighted by Gasteiger charge is 2.29. The molecular weight excluding hydrogens is 206 g/mol. The molecule has 1 heterocycles. The summed E-state index contributed by atoms with van der Waals surface area (Å²) in [4.78, 5) is 12.6. The molecule has 1 aliphatic rings. The van der Waals surface area contributed by atoms with E-state index in [9.17, 15) is 4.79 Å². The van der Waals surface area contributed by atoms with Crippen molar-refractivity contribution >= 4 is 6.09 Å². The number of carbonyl (C=O) groups is 1. The maximum Gasteiger partial charge on any atom is 0.407 e. The summed E-state index contributed by atoms with van der Waals surface area (Å²) in [6, 6.07) is 7.89. The van der Waals surface area contributed by atoms with Crippen LogP contribution in [0, 0.1) is 0 Å². The summed E-state index contributed by atoms with van der Waals surface area (Å²) in [6.45, 7) is 0.903. The number of amides is 1. The lowest BCUT2D eigenvalue weighted by atomic mass is 9.95. The van der Waals surface area contributed by atoms with Gasteiger partial charge in [0.05, 0.1) is 12.6 Å². The first-order chi connectivity index (χ1) is 7.72. The van der Waals surface area contributed by atoms with Gasteiger partial charge in [-0.2, -0.15) is 0 Å². The highest BCUT2D eigenvalue weighted by molar-refractivity contribution is 5.66. The maximum atomic E-state index is 11.1. The molecule has 16 heavy (non-hydrogen) atoms. The van der Waals surface area contributed by atoms with Gasteiger partial charge in [0, 0.05) is 13.7 Å². The molecule has 4 heteroatoms. The summed E-state index contributed by atoms with van der Waals surface area (Å²) in [7, 11) is 1.60. The molecule has 1 N–H and O–H groups in total. The molecule has 1 atom stereocenters. The Morgan fingerprint density at radius 2 is 2.19 bits per heavy atom. The second-order valence-corrected chi connectivity index (χ2v) is 3.99. The van der Waals surface area contributed by atoms with Gasteiger partial charge < -0.3 is 9.84 Å². The predicted octanol–water partition coefficient (Wildman–Crippen LogP) is 1.74. The van der Waals surface area contributed by atoms with Crippen LogP contribution in [0.1, 0.15) is 11.1 Å². The lowest BCUT2D eigenvalue weighted by Crippen LogP contribution is -2.45. The molecule has 0 bridgehead atoms. The average Bonchev–Trinajstić information content (AvgIpc) is 2.28. The van der Waals surface area contributed by atoms with Crippen LogP contribution in [0.2, 0.25) is 0 Å². The molecule has 4 nitrogen and oxygen atoms in total. The van der Waals surface area contributed by atoms with Crippen molar-refractivity contribution in [2.24, 2.45) is 0 Å². The maximum absolute atomic E-state index is 11.1. The van der Waals surface area contributed by atoms with E-state index in [2.05, 4.69) is 6.07 Å². The Morgan fingerprint density at radius 1 is 1.50 bits per heavy atom. The Labute approximate surface area is 94.4 Å². The zero-order valence-corrected chi connectivity index (χ0v) is 9.22. The number of nitrogens with zero attached hydrogens (tertiary/aromatic N) is 1. The van der Waals surface area contributed by atoms with Crippen molar-refractivity contribution in [2.75, 3.05) is 13.7 Å². The minimum atomic E-state index is -0.878. The minimum Gasteiger partial charge on any atom is -0.465 e. The Balaban J connectivity index is 2.25. The van der Waals surface area contributed by atoms with Crippen LogP contribution in [0.5, 0.6) is 0 Å². The van der Waals surface area contributed by atoms with Crippen LogP contribution in [0.25, 0.3) is 0 Å². The van der Waals surface area contributed by atoms with Gasteiger partial charge in [0.15, 0.2) is 0 Å². The molecule has 0 aromatic heterocycles. The zero-order valence-electron chi connectivity index (χ0n) is 9.22. The second kappa shape index (κ2) is 4.53. The van der Waals surface area contributed by atoms with Crippen LogP contribution in [0.4, 0.5) is 4.79 Å². The summed E-state index contributed by atoms with van der Waals surface area (Å²) in [5.41, 5.74) is 2.32. The first-order valence-electron chi connectivity index (χ1n) is 5.27. The van der Waals surface area contributed by atoms with Gasteiger partial charge in [0.2, 0.25) is 0 Å².